The van der Waals surface area contributed by atoms with Crippen molar-refractivity contribution >= 4 is 0 Å². The van der Waals surface area contributed by atoms with Crippen LogP contribution in [-0.4, -0.2) is 15.2 Å². The van der Waals surface area contributed by atoms with Gasteiger partial charge in [0, 0.05) is 6.20 Å². The fourth-order valence-electron chi connectivity index (χ4n) is 1.38. The van der Waals surface area contributed by atoms with Crippen molar-refractivity contribution < 1.29 is 13.2 Å². The highest BCUT2D eigenvalue weighted by molar-refractivity contribution is 5.54. The number of rotatable bonds is 2. The number of nitrogens with zero attached hydrogens (tertiary/aromatic N) is 2. The van der Waals surface area contributed by atoms with E-state index in [9.17, 15) is 13.2 Å². The lowest BCUT2D eigenvalue weighted by molar-refractivity contribution is -0.141. The Labute approximate surface area is 95.7 Å². The molecule has 0 fully saturated rings. The van der Waals surface area contributed by atoms with Crippen LogP contribution in [0.5, 0.6) is 0 Å². The molecular formula is C11H10F3N3. The molecule has 0 unspecified atom stereocenters. The Kier molecular flexibility index (Phi) is 2.87. The van der Waals surface area contributed by atoms with Crippen LogP contribution >= 0.6 is 0 Å². The van der Waals surface area contributed by atoms with E-state index in [4.69, 9.17) is 0 Å². The van der Waals surface area contributed by atoms with Crippen LogP contribution in [0, 0.1) is 0 Å². The van der Waals surface area contributed by atoms with Crippen molar-refractivity contribution in [2.24, 2.45) is 0 Å². The molecule has 2 heterocycles. The van der Waals surface area contributed by atoms with Gasteiger partial charge < -0.3 is 0 Å². The SMILES string of the molecule is CCc1ccc(-c2cc(C(F)(F)F)[nH]n2)nc1. The molecule has 2 aromatic heterocycles. The van der Waals surface area contributed by atoms with Crippen molar-refractivity contribution in [1.29, 1.82) is 0 Å². The maximum atomic E-state index is 12.3. The highest BCUT2D eigenvalue weighted by atomic mass is 19.4. The molecule has 1 N–H and O–H groups in total. The molecule has 0 atom stereocenters. The molecule has 0 spiro atoms. The summed E-state index contributed by atoms with van der Waals surface area (Å²) in [6, 6.07) is 4.44. The second-order valence-corrected chi connectivity index (χ2v) is 3.57. The lowest BCUT2D eigenvalue weighted by atomic mass is 10.2. The minimum Gasteiger partial charge on any atom is -0.273 e. The first-order chi connectivity index (χ1) is 8.00. The molecule has 0 amide bonds. The van der Waals surface area contributed by atoms with E-state index in [1.165, 1.54) is 0 Å². The smallest absolute Gasteiger partial charge is 0.273 e. The number of nitrogens with one attached hydrogen (secondary N) is 1. The van der Waals surface area contributed by atoms with Crippen molar-refractivity contribution in [3.8, 4) is 11.4 Å². The quantitative estimate of drug-likeness (QED) is 0.877. The van der Waals surface area contributed by atoms with Crippen LogP contribution in [0.1, 0.15) is 18.2 Å². The van der Waals surface area contributed by atoms with Crippen LogP contribution < -0.4 is 0 Å². The number of aromatic nitrogens is 3. The summed E-state index contributed by atoms with van der Waals surface area (Å²) >= 11 is 0. The Hall–Kier alpha value is -1.85. The number of halogens is 3. The first-order valence-electron chi connectivity index (χ1n) is 5.08. The van der Waals surface area contributed by atoms with Gasteiger partial charge in [-0.15, -0.1) is 0 Å². The zero-order valence-electron chi connectivity index (χ0n) is 9.04. The van der Waals surface area contributed by atoms with Gasteiger partial charge in [-0.25, -0.2) is 0 Å². The van der Waals surface area contributed by atoms with Gasteiger partial charge in [-0.05, 0) is 24.1 Å². The molecule has 2 rings (SSSR count). The van der Waals surface area contributed by atoms with Gasteiger partial charge in [0.1, 0.15) is 11.4 Å². The third kappa shape index (κ3) is 2.46. The molecule has 17 heavy (non-hydrogen) atoms. The van der Waals surface area contributed by atoms with Crippen molar-refractivity contribution in [1.82, 2.24) is 15.2 Å². The predicted octanol–water partition coefficient (Wildman–Crippen LogP) is 3.05. The first kappa shape index (κ1) is 11.6. The maximum Gasteiger partial charge on any atom is 0.432 e. The Balaban J connectivity index is 2.30. The number of alkyl halides is 3. The van der Waals surface area contributed by atoms with Gasteiger partial charge in [0.15, 0.2) is 0 Å². The lowest BCUT2D eigenvalue weighted by Gasteiger charge is -2.00. The Bertz CT molecular complexity index is 499. The summed E-state index contributed by atoms with van der Waals surface area (Å²) in [6.07, 6.45) is -1.94. The average Bonchev–Trinajstić information content (AvgIpc) is 2.78. The van der Waals surface area contributed by atoms with Crippen molar-refractivity contribution in [3.05, 3.63) is 35.7 Å². The third-order valence-corrected chi connectivity index (χ3v) is 2.38. The predicted molar refractivity (Wildman–Crippen MR) is 56.2 cm³/mol. The maximum absolute atomic E-state index is 12.3. The standard InChI is InChI=1S/C11H10F3N3/c1-2-7-3-4-8(15-6-7)9-5-10(17-16-9)11(12,13)14/h3-6H,2H2,1H3,(H,16,17). The molecule has 0 saturated heterocycles. The normalized spacial score (nSPS) is 11.8. The van der Waals surface area contributed by atoms with E-state index < -0.39 is 11.9 Å². The van der Waals surface area contributed by atoms with Gasteiger partial charge in [0.05, 0.1) is 5.69 Å². The summed E-state index contributed by atoms with van der Waals surface area (Å²) < 4.78 is 37.0. The fraction of sp³-hybridized carbons (Fsp3) is 0.273. The minimum absolute atomic E-state index is 0.194. The molecular weight excluding hydrogens is 231 g/mol. The summed E-state index contributed by atoms with van der Waals surface area (Å²) in [7, 11) is 0. The topological polar surface area (TPSA) is 41.6 Å². The molecule has 6 heteroatoms. The molecule has 3 nitrogen and oxygen atoms in total. The van der Waals surface area contributed by atoms with Gasteiger partial charge in [-0.1, -0.05) is 13.0 Å². The summed E-state index contributed by atoms with van der Waals surface area (Å²) in [6.45, 7) is 1.98. The Morgan fingerprint density at radius 1 is 1.24 bits per heavy atom. The molecule has 0 radical (unpaired) electrons. The number of hydrogen-bond acceptors (Lipinski definition) is 2. The van der Waals surface area contributed by atoms with Gasteiger partial charge in [0.25, 0.3) is 0 Å². The first-order valence-corrected chi connectivity index (χ1v) is 5.08. The van der Waals surface area contributed by atoms with Gasteiger partial charge >= 0.3 is 6.18 Å². The van der Waals surface area contributed by atoms with Crippen molar-refractivity contribution in [2.45, 2.75) is 19.5 Å². The number of pyridine rings is 1. The van der Waals surface area contributed by atoms with Crippen molar-refractivity contribution in [2.75, 3.05) is 0 Å². The summed E-state index contributed by atoms with van der Waals surface area (Å²) in [5.41, 5.74) is 0.781. The second kappa shape index (κ2) is 4.20. The monoisotopic (exact) mass is 241 g/mol. The molecule has 0 aliphatic carbocycles. The van der Waals surface area contributed by atoms with Crippen LogP contribution in [0.25, 0.3) is 11.4 Å². The molecule has 2 aromatic rings. The van der Waals surface area contributed by atoms with E-state index in [-0.39, 0.29) is 5.69 Å². The average molecular weight is 241 g/mol. The fourth-order valence-corrected chi connectivity index (χ4v) is 1.38. The zero-order chi connectivity index (χ0) is 12.5. The van der Waals surface area contributed by atoms with Crippen LogP contribution in [0.15, 0.2) is 24.4 Å². The molecule has 90 valence electrons. The molecule has 0 aliphatic heterocycles. The number of aryl methyl sites for hydroxylation is 1. The molecule has 0 aromatic carbocycles. The highest BCUT2D eigenvalue weighted by Crippen LogP contribution is 2.29. The number of aromatic amines is 1. The summed E-state index contributed by atoms with van der Waals surface area (Å²) in [4.78, 5) is 4.07. The van der Waals surface area contributed by atoms with E-state index in [1.54, 1.807) is 12.3 Å². The summed E-state index contributed by atoms with van der Waals surface area (Å²) in [5, 5.41) is 5.56. The molecule has 0 saturated carbocycles. The Morgan fingerprint density at radius 3 is 2.47 bits per heavy atom. The van der Waals surface area contributed by atoms with Crippen molar-refractivity contribution in [3.63, 3.8) is 0 Å². The zero-order valence-corrected chi connectivity index (χ0v) is 9.04. The van der Waals surface area contributed by atoms with Crippen LogP contribution in [0.2, 0.25) is 0 Å². The Morgan fingerprint density at radius 2 is 2.00 bits per heavy atom. The minimum atomic E-state index is -4.41. The largest absolute Gasteiger partial charge is 0.432 e. The van der Waals surface area contributed by atoms with Crippen LogP contribution in [0.3, 0.4) is 0 Å². The number of hydrogen-bond donors (Lipinski definition) is 1. The third-order valence-electron chi connectivity index (χ3n) is 2.38. The van der Waals surface area contributed by atoms with E-state index in [2.05, 4.69) is 10.1 Å². The van der Waals surface area contributed by atoms with Gasteiger partial charge in [-0.2, -0.15) is 18.3 Å². The highest BCUT2D eigenvalue weighted by Gasteiger charge is 2.33. The van der Waals surface area contributed by atoms with E-state index in [0.717, 1.165) is 18.1 Å². The lowest BCUT2D eigenvalue weighted by Crippen LogP contribution is -2.04. The second-order valence-electron chi connectivity index (χ2n) is 3.57. The van der Waals surface area contributed by atoms with Gasteiger partial charge in [0.2, 0.25) is 0 Å². The number of H-pyrrole nitrogens is 1. The molecule has 0 aliphatic rings. The van der Waals surface area contributed by atoms with Crippen LogP contribution in [-0.2, 0) is 12.6 Å². The van der Waals surface area contributed by atoms with Gasteiger partial charge in [-0.3, -0.25) is 10.1 Å². The van der Waals surface area contributed by atoms with E-state index in [1.807, 2.05) is 18.1 Å². The van der Waals surface area contributed by atoms with Crippen LogP contribution in [0.4, 0.5) is 13.2 Å². The van der Waals surface area contributed by atoms with E-state index >= 15 is 0 Å². The molecule has 0 bridgehead atoms. The van der Waals surface area contributed by atoms with E-state index in [0.29, 0.717) is 5.69 Å². The summed E-state index contributed by atoms with van der Waals surface area (Å²) in [5.74, 6) is 0.